The van der Waals surface area contributed by atoms with E-state index in [1.54, 1.807) is 11.3 Å². The fraction of sp³-hybridized carbons (Fsp3) is 0.636. The van der Waals surface area contributed by atoms with Crippen molar-refractivity contribution in [3.63, 3.8) is 0 Å². The first-order valence-corrected chi connectivity index (χ1v) is 6.76. The van der Waals surface area contributed by atoms with Gasteiger partial charge in [0.05, 0.1) is 5.02 Å². The van der Waals surface area contributed by atoms with Gasteiger partial charge >= 0.3 is 0 Å². The third kappa shape index (κ3) is 3.76. The molecule has 0 amide bonds. The SMILES string of the molecule is Clc1csc(CNCCN2CCCC2)c1. The second kappa shape index (κ2) is 5.85. The molecule has 0 saturated carbocycles. The van der Waals surface area contributed by atoms with Crippen LogP contribution in [0.1, 0.15) is 17.7 Å². The van der Waals surface area contributed by atoms with Crippen molar-refractivity contribution in [3.05, 3.63) is 21.3 Å². The minimum Gasteiger partial charge on any atom is -0.311 e. The normalized spacial score (nSPS) is 17.4. The Bertz CT molecular complexity index is 295. The maximum atomic E-state index is 5.85. The van der Waals surface area contributed by atoms with E-state index in [9.17, 15) is 0 Å². The summed E-state index contributed by atoms with van der Waals surface area (Å²) in [5, 5.41) is 6.29. The lowest BCUT2D eigenvalue weighted by Gasteiger charge is -2.14. The molecule has 1 N–H and O–H groups in total. The lowest BCUT2D eigenvalue weighted by Crippen LogP contribution is -2.29. The van der Waals surface area contributed by atoms with Crippen LogP contribution < -0.4 is 5.32 Å². The summed E-state index contributed by atoms with van der Waals surface area (Å²) in [5.41, 5.74) is 0. The average molecular weight is 245 g/mol. The van der Waals surface area contributed by atoms with Crippen molar-refractivity contribution >= 4 is 22.9 Å². The van der Waals surface area contributed by atoms with Gasteiger partial charge in [-0.3, -0.25) is 0 Å². The van der Waals surface area contributed by atoms with Gasteiger partial charge in [-0.05, 0) is 32.0 Å². The van der Waals surface area contributed by atoms with Crippen molar-refractivity contribution in [3.8, 4) is 0 Å². The second-order valence-corrected chi connectivity index (χ2v) is 5.39. The van der Waals surface area contributed by atoms with Gasteiger partial charge in [0.1, 0.15) is 0 Å². The summed E-state index contributed by atoms with van der Waals surface area (Å²) in [6.07, 6.45) is 2.75. The van der Waals surface area contributed by atoms with E-state index >= 15 is 0 Å². The smallest absolute Gasteiger partial charge is 0.0516 e. The summed E-state index contributed by atoms with van der Waals surface area (Å²) in [6.45, 7) is 5.78. The molecule has 0 unspecified atom stereocenters. The summed E-state index contributed by atoms with van der Waals surface area (Å²) in [7, 11) is 0. The fourth-order valence-corrected chi connectivity index (χ4v) is 2.94. The zero-order valence-corrected chi connectivity index (χ0v) is 10.4. The van der Waals surface area contributed by atoms with Gasteiger partial charge in [0, 0.05) is 29.9 Å². The van der Waals surface area contributed by atoms with Crippen LogP contribution in [0.2, 0.25) is 5.02 Å². The van der Waals surface area contributed by atoms with E-state index in [1.165, 1.54) is 37.4 Å². The van der Waals surface area contributed by atoms with Crippen LogP contribution in [0, 0.1) is 0 Å². The van der Waals surface area contributed by atoms with Crippen LogP contribution in [0.15, 0.2) is 11.4 Å². The molecule has 0 spiro atoms. The summed E-state index contributed by atoms with van der Waals surface area (Å²) in [5.74, 6) is 0. The van der Waals surface area contributed by atoms with Crippen molar-refractivity contribution in [2.45, 2.75) is 19.4 Å². The maximum Gasteiger partial charge on any atom is 0.0516 e. The lowest BCUT2D eigenvalue weighted by atomic mass is 10.4. The molecule has 0 aromatic carbocycles. The number of halogens is 1. The molecule has 0 aliphatic carbocycles. The Hall–Kier alpha value is -0.0900. The number of nitrogens with zero attached hydrogens (tertiary/aromatic N) is 1. The molecule has 1 fully saturated rings. The number of rotatable bonds is 5. The Balaban J connectivity index is 1.58. The molecule has 1 aromatic heterocycles. The van der Waals surface area contributed by atoms with Gasteiger partial charge in [0.2, 0.25) is 0 Å². The predicted molar refractivity (Wildman–Crippen MR) is 66.7 cm³/mol. The van der Waals surface area contributed by atoms with E-state index in [4.69, 9.17) is 11.6 Å². The molecular weight excluding hydrogens is 228 g/mol. The summed E-state index contributed by atoms with van der Waals surface area (Å²) < 4.78 is 0. The van der Waals surface area contributed by atoms with Crippen LogP contribution in [-0.4, -0.2) is 31.1 Å². The summed E-state index contributed by atoms with van der Waals surface area (Å²) in [6, 6.07) is 2.04. The molecule has 84 valence electrons. The lowest BCUT2D eigenvalue weighted by molar-refractivity contribution is 0.336. The maximum absolute atomic E-state index is 5.85. The topological polar surface area (TPSA) is 15.3 Å². The van der Waals surface area contributed by atoms with Crippen LogP contribution >= 0.6 is 22.9 Å². The molecule has 0 bridgehead atoms. The van der Waals surface area contributed by atoms with Gasteiger partial charge < -0.3 is 10.2 Å². The van der Waals surface area contributed by atoms with Crippen LogP contribution in [0.5, 0.6) is 0 Å². The van der Waals surface area contributed by atoms with Gasteiger partial charge in [0.15, 0.2) is 0 Å². The molecule has 2 rings (SSSR count). The minimum atomic E-state index is 0.858. The second-order valence-electron chi connectivity index (χ2n) is 3.96. The van der Waals surface area contributed by atoms with E-state index in [1.807, 2.05) is 11.4 Å². The Morgan fingerprint density at radius 2 is 2.20 bits per heavy atom. The quantitative estimate of drug-likeness (QED) is 0.801. The van der Waals surface area contributed by atoms with Crippen molar-refractivity contribution in [2.75, 3.05) is 26.2 Å². The summed E-state index contributed by atoms with van der Waals surface area (Å²) >= 11 is 7.58. The highest BCUT2D eigenvalue weighted by atomic mass is 35.5. The molecule has 2 nitrogen and oxygen atoms in total. The predicted octanol–water partition coefficient (Wildman–Crippen LogP) is 2.59. The molecule has 4 heteroatoms. The zero-order chi connectivity index (χ0) is 10.5. The van der Waals surface area contributed by atoms with Gasteiger partial charge in [-0.15, -0.1) is 11.3 Å². The van der Waals surface area contributed by atoms with E-state index in [-0.39, 0.29) is 0 Å². The Morgan fingerprint density at radius 3 is 2.87 bits per heavy atom. The zero-order valence-electron chi connectivity index (χ0n) is 8.84. The molecule has 1 saturated heterocycles. The highest BCUT2D eigenvalue weighted by Gasteiger charge is 2.09. The van der Waals surface area contributed by atoms with Crippen LogP contribution in [0.3, 0.4) is 0 Å². The number of likely N-dealkylation sites (tertiary alicyclic amines) is 1. The highest BCUT2D eigenvalue weighted by molar-refractivity contribution is 7.10. The Morgan fingerprint density at radius 1 is 1.40 bits per heavy atom. The standard InChI is InChI=1S/C11H17ClN2S/c12-10-7-11(15-9-10)8-13-3-6-14-4-1-2-5-14/h7,9,13H,1-6,8H2. The monoisotopic (exact) mass is 244 g/mol. The fourth-order valence-electron chi connectivity index (χ4n) is 1.90. The highest BCUT2D eigenvalue weighted by Crippen LogP contribution is 2.18. The average Bonchev–Trinajstić information content (AvgIpc) is 2.84. The molecular formula is C11H17ClN2S. The van der Waals surface area contributed by atoms with E-state index in [0.717, 1.165) is 18.1 Å². The number of nitrogens with one attached hydrogen (secondary N) is 1. The van der Waals surface area contributed by atoms with Gasteiger partial charge in [-0.1, -0.05) is 11.6 Å². The van der Waals surface area contributed by atoms with Gasteiger partial charge in [-0.25, -0.2) is 0 Å². The molecule has 1 aliphatic rings. The minimum absolute atomic E-state index is 0.858. The van der Waals surface area contributed by atoms with Crippen LogP contribution in [0.25, 0.3) is 0 Å². The third-order valence-electron chi connectivity index (χ3n) is 2.72. The molecule has 1 aliphatic heterocycles. The molecule has 1 aromatic rings. The van der Waals surface area contributed by atoms with E-state index in [2.05, 4.69) is 10.2 Å². The first-order valence-electron chi connectivity index (χ1n) is 5.50. The van der Waals surface area contributed by atoms with Crippen molar-refractivity contribution in [1.82, 2.24) is 10.2 Å². The molecule has 0 radical (unpaired) electrons. The first-order chi connectivity index (χ1) is 7.34. The molecule has 15 heavy (non-hydrogen) atoms. The van der Waals surface area contributed by atoms with Crippen LogP contribution in [0.4, 0.5) is 0 Å². The van der Waals surface area contributed by atoms with E-state index in [0.29, 0.717) is 0 Å². The molecule has 2 heterocycles. The van der Waals surface area contributed by atoms with Crippen molar-refractivity contribution in [1.29, 1.82) is 0 Å². The van der Waals surface area contributed by atoms with Crippen molar-refractivity contribution in [2.24, 2.45) is 0 Å². The van der Waals surface area contributed by atoms with Gasteiger partial charge in [0.25, 0.3) is 0 Å². The molecule has 0 atom stereocenters. The number of thiophene rings is 1. The summed E-state index contributed by atoms with van der Waals surface area (Å²) in [4.78, 5) is 3.84. The number of hydrogen-bond acceptors (Lipinski definition) is 3. The third-order valence-corrected chi connectivity index (χ3v) is 4.01. The first kappa shape index (κ1) is 11.4. The number of hydrogen-bond donors (Lipinski definition) is 1. The van der Waals surface area contributed by atoms with Gasteiger partial charge in [-0.2, -0.15) is 0 Å². The Kier molecular flexibility index (Phi) is 4.44. The van der Waals surface area contributed by atoms with Crippen LogP contribution in [-0.2, 0) is 6.54 Å². The largest absolute Gasteiger partial charge is 0.311 e. The Labute approximate surface area is 100 Å². The van der Waals surface area contributed by atoms with Crippen molar-refractivity contribution < 1.29 is 0 Å². The van der Waals surface area contributed by atoms with E-state index < -0.39 is 0 Å².